The van der Waals surface area contributed by atoms with Crippen LogP contribution in [0, 0.1) is 10.1 Å². The van der Waals surface area contributed by atoms with Crippen molar-refractivity contribution in [2.45, 2.75) is 6.61 Å². The maximum absolute atomic E-state index is 12.0. The molecular formula is C10H8F2N6O3. The lowest BCUT2D eigenvalue weighted by Crippen LogP contribution is -2.07. The van der Waals surface area contributed by atoms with E-state index in [1.165, 1.54) is 6.07 Å². The van der Waals surface area contributed by atoms with E-state index < -0.39 is 23.0 Å². The van der Waals surface area contributed by atoms with Gasteiger partial charge in [0.25, 0.3) is 0 Å². The van der Waals surface area contributed by atoms with Gasteiger partial charge in [0, 0.05) is 17.8 Å². The number of anilines is 2. The lowest BCUT2D eigenvalue weighted by Gasteiger charge is -2.06. The van der Waals surface area contributed by atoms with Gasteiger partial charge in [0.05, 0.1) is 4.92 Å². The van der Waals surface area contributed by atoms with Crippen LogP contribution in [-0.2, 0) is 0 Å². The summed E-state index contributed by atoms with van der Waals surface area (Å²) in [5.74, 6) is -1.01. The molecule has 0 saturated heterocycles. The molecule has 2 aromatic heterocycles. The average molecular weight is 298 g/mol. The molecule has 11 heteroatoms. The maximum Gasteiger partial charge on any atom is 0.388 e. The molecule has 0 radical (unpaired) electrons. The Morgan fingerprint density at radius 1 is 1.29 bits per heavy atom. The number of hydrogen-bond donors (Lipinski definition) is 2. The molecular weight excluding hydrogens is 290 g/mol. The topological polar surface area (TPSA) is 143 Å². The molecule has 4 N–H and O–H groups in total. The first-order valence-electron chi connectivity index (χ1n) is 5.37. The third-order valence-corrected chi connectivity index (χ3v) is 2.33. The first-order valence-corrected chi connectivity index (χ1v) is 5.37. The molecule has 0 fully saturated rings. The minimum Gasteiger partial charge on any atom is -0.417 e. The molecule has 0 aromatic carbocycles. The minimum atomic E-state index is -3.02. The van der Waals surface area contributed by atoms with Crippen LogP contribution in [-0.4, -0.2) is 26.5 Å². The fourth-order valence-corrected chi connectivity index (χ4v) is 1.55. The number of hydrogen-bond acceptors (Lipinski definition) is 8. The van der Waals surface area contributed by atoms with Gasteiger partial charge in [-0.1, -0.05) is 0 Å². The molecule has 2 rings (SSSR count). The van der Waals surface area contributed by atoms with E-state index in [0.29, 0.717) is 0 Å². The lowest BCUT2D eigenvalue weighted by atomic mass is 10.1. The summed E-state index contributed by atoms with van der Waals surface area (Å²) >= 11 is 0. The van der Waals surface area contributed by atoms with E-state index in [4.69, 9.17) is 11.5 Å². The van der Waals surface area contributed by atoms with E-state index >= 15 is 0 Å². The summed E-state index contributed by atoms with van der Waals surface area (Å²) in [6.45, 7) is -3.02. The molecule has 21 heavy (non-hydrogen) atoms. The van der Waals surface area contributed by atoms with Crippen molar-refractivity contribution in [1.82, 2.24) is 15.0 Å². The van der Waals surface area contributed by atoms with Crippen molar-refractivity contribution in [2.24, 2.45) is 0 Å². The zero-order valence-electron chi connectivity index (χ0n) is 10.2. The Hall–Kier alpha value is -3.11. The Kier molecular flexibility index (Phi) is 3.73. The predicted octanol–water partition coefficient (Wildman–Crippen LogP) is 1.21. The molecule has 0 bridgehead atoms. The molecule has 0 aliphatic carbocycles. The van der Waals surface area contributed by atoms with Gasteiger partial charge in [-0.05, 0) is 6.07 Å². The Balaban J connectivity index is 2.48. The molecule has 2 aromatic rings. The molecule has 0 unspecified atom stereocenters. The second kappa shape index (κ2) is 5.48. The van der Waals surface area contributed by atoms with Gasteiger partial charge in [-0.25, -0.2) is 9.97 Å². The molecule has 0 aliphatic rings. The van der Waals surface area contributed by atoms with Crippen LogP contribution in [0.15, 0.2) is 18.3 Å². The largest absolute Gasteiger partial charge is 0.417 e. The Labute approximate surface area is 115 Å². The van der Waals surface area contributed by atoms with E-state index in [1.54, 1.807) is 0 Å². The minimum absolute atomic E-state index is 0.157. The van der Waals surface area contributed by atoms with Gasteiger partial charge in [-0.3, -0.25) is 10.1 Å². The summed E-state index contributed by atoms with van der Waals surface area (Å²) in [7, 11) is 0. The monoisotopic (exact) mass is 298 g/mol. The first-order chi connectivity index (χ1) is 9.88. The summed E-state index contributed by atoms with van der Waals surface area (Å²) < 4.78 is 28.1. The summed E-state index contributed by atoms with van der Waals surface area (Å²) in [4.78, 5) is 21.0. The standard InChI is InChI=1S/C10H8F2N6O3/c11-9(12)21-5-2-1-4(3-15-5)6-7(18(19)20)8(13)17-10(14)16-6/h1-3,9H,(H4,13,14,16,17). The van der Waals surface area contributed by atoms with Gasteiger partial charge >= 0.3 is 12.3 Å². The van der Waals surface area contributed by atoms with Crippen molar-refractivity contribution in [2.75, 3.05) is 11.5 Å². The third-order valence-electron chi connectivity index (χ3n) is 2.33. The van der Waals surface area contributed by atoms with Crippen LogP contribution in [0.1, 0.15) is 0 Å². The number of pyridine rings is 1. The number of nitrogens with two attached hydrogens (primary N) is 2. The number of rotatable bonds is 4. The molecule has 0 saturated carbocycles. The molecule has 110 valence electrons. The zero-order chi connectivity index (χ0) is 15.6. The molecule has 0 atom stereocenters. The molecule has 0 amide bonds. The van der Waals surface area contributed by atoms with Crippen LogP contribution in [0.2, 0.25) is 0 Å². The van der Waals surface area contributed by atoms with Gasteiger partial charge in [-0.2, -0.15) is 13.8 Å². The van der Waals surface area contributed by atoms with Crippen LogP contribution in [0.5, 0.6) is 5.88 Å². The van der Waals surface area contributed by atoms with Crippen LogP contribution >= 0.6 is 0 Å². The van der Waals surface area contributed by atoms with Crippen molar-refractivity contribution in [3.63, 3.8) is 0 Å². The summed E-state index contributed by atoms with van der Waals surface area (Å²) in [5, 5.41) is 11.0. The fourth-order valence-electron chi connectivity index (χ4n) is 1.55. The number of ether oxygens (including phenoxy) is 1. The zero-order valence-corrected chi connectivity index (χ0v) is 10.2. The normalized spacial score (nSPS) is 10.6. The second-order valence-corrected chi connectivity index (χ2v) is 3.68. The highest BCUT2D eigenvalue weighted by molar-refractivity contribution is 5.76. The van der Waals surface area contributed by atoms with Gasteiger partial charge in [0.15, 0.2) is 5.69 Å². The highest BCUT2D eigenvalue weighted by atomic mass is 19.3. The second-order valence-electron chi connectivity index (χ2n) is 3.68. The molecule has 0 spiro atoms. The number of halogens is 2. The number of nitro groups is 1. The Morgan fingerprint density at radius 3 is 2.52 bits per heavy atom. The fraction of sp³-hybridized carbons (Fsp3) is 0.100. The van der Waals surface area contributed by atoms with Crippen molar-refractivity contribution >= 4 is 17.5 Å². The Morgan fingerprint density at radius 2 is 2.00 bits per heavy atom. The van der Waals surface area contributed by atoms with E-state index in [1.807, 2.05) is 0 Å². The van der Waals surface area contributed by atoms with Crippen LogP contribution < -0.4 is 16.2 Å². The average Bonchev–Trinajstić information content (AvgIpc) is 2.37. The lowest BCUT2D eigenvalue weighted by molar-refractivity contribution is -0.383. The van der Waals surface area contributed by atoms with Crippen molar-refractivity contribution in [1.29, 1.82) is 0 Å². The van der Waals surface area contributed by atoms with Gasteiger partial charge in [0.2, 0.25) is 17.6 Å². The van der Waals surface area contributed by atoms with Crippen molar-refractivity contribution in [3.05, 3.63) is 28.4 Å². The predicted molar refractivity (Wildman–Crippen MR) is 67.4 cm³/mol. The van der Waals surface area contributed by atoms with Gasteiger partial charge < -0.3 is 16.2 Å². The quantitative estimate of drug-likeness (QED) is 0.633. The van der Waals surface area contributed by atoms with Crippen LogP contribution in [0.4, 0.5) is 26.2 Å². The van der Waals surface area contributed by atoms with Gasteiger partial charge in [0.1, 0.15) is 0 Å². The van der Waals surface area contributed by atoms with E-state index in [0.717, 1.165) is 12.3 Å². The van der Waals surface area contributed by atoms with Crippen molar-refractivity contribution in [3.8, 4) is 17.1 Å². The maximum atomic E-state index is 12.0. The van der Waals surface area contributed by atoms with E-state index in [-0.39, 0.29) is 23.1 Å². The number of alkyl halides is 2. The molecule has 2 heterocycles. The number of nitrogen functional groups attached to an aromatic ring is 2. The molecule has 0 aliphatic heterocycles. The van der Waals surface area contributed by atoms with E-state index in [2.05, 4.69) is 19.7 Å². The third kappa shape index (κ3) is 3.08. The van der Waals surface area contributed by atoms with Gasteiger partial charge in [-0.15, -0.1) is 0 Å². The smallest absolute Gasteiger partial charge is 0.388 e. The Bertz CT molecular complexity index is 679. The van der Waals surface area contributed by atoms with Crippen LogP contribution in [0.25, 0.3) is 11.3 Å². The summed E-state index contributed by atoms with van der Waals surface area (Å²) in [5.41, 5.74) is 10.3. The highest BCUT2D eigenvalue weighted by Crippen LogP contribution is 2.32. The highest BCUT2D eigenvalue weighted by Gasteiger charge is 2.24. The summed E-state index contributed by atoms with van der Waals surface area (Å²) in [6, 6.07) is 2.37. The van der Waals surface area contributed by atoms with Crippen molar-refractivity contribution < 1.29 is 18.4 Å². The number of nitrogens with zero attached hydrogens (tertiary/aromatic N) is 4. The summed E-state index contributed by atoms with van der Waals surface area (Å²) in [6.07, 6.45) is 1.08. The SMILES string of the molecule is Nc1nc(N)c([N+](=O)[O-])c(-c2ccc(OC(F)F)nc2)n1. The first kappa shape index (κ1) is 14.3. The van der Waals surface area contributed by atoms with Crippen LogP contribution in [0.3, 0.4) is 0 Å². The number of aromatic nitrogens is 3. The van der Waals surface area contributed by atoms with E-state index in [9.17, 15) is 18.9 Å². The molecule has 9 nitrogen and oxygen atoms in total.